The first-order chi connectivity index (χ1) is 11.3. The molecule has 0 spiro atoms. The Bertz CT molecular complexity index is 472. The second-order valence-corrected chi connectivity index (χ2v) is 5.98. The molecule has 2 rings (SSSR count). The molecule has 1 heterocycles. The van der Waals surface area contributed by atoms with Crippen LogP contribution >= 0.6 is 24.0 Å². The van der Waals surface area contributed by atoms with Gasteiger partial charge in [0.15, 0.2) is 5.96 Å². The van der Waals surface area contributed by atoms with Gasteiger partial charge in [-0.2, -0.15) is 0 Å². The highest BCUT2D eigenvalue weighted by atomic mass is 127. The topological polar surface area (TPSA) is 62.9 Å². The summed E-state index contributed by atoms with van der Waals surface area (Å²) in [5.41, 5.74) is 7.04. The van der Waals surface area contributed by atoms with Crippen molar-refractivity contribution in [2.75, 3.05) is 39.3 Å². The van der Waals surface area contributed by atoms with Gasteiger partial charge in [0, 0.05) is 19.6 Å². The molecule has 136 valence electrons. The van der Waals surface area contributed by atoms with Gasteiger partial charge in [-0.25, -0.2) is 0 Å². The van der Waals surface area contributed by atoms with E-state index in [1.807, 2.05) is 12.1 Å². The fraction of sp³-hybridized carbons (Fsp3) is 0.611. The third-order valence-corrected chi connectivity index (χ3v) is 4.02. The average Bonchev–Trinajstić information content (AvgIpc) is 3.08. The van der Waals surface area contributed by atoms with Crippen LogP contribution < -0.4 is 15.8 Å². The second kappa shape index (κ2) is 12.4. The molecule has 0 aliphatic carbocycles. The minimum Gasteiger partial charge on any atom is -0.492 e. The van der Waals surface area contributed by atoms with Gasteiger partial charge >= 0.3 is 0 Å². The summed E-state index contributed by atoms with van der Waals surface area (Å²) < 4.78 is 5.81. The van der Waals surface area contributed by atoms with Crippen molar-refractivity contribution in [1.29, 1.82) is 0 Å². The van der Waals surface area contributed by atoms with Crippen LogP contribution in [0.4, 0.5) is 0 Å². The van der Waals surface area contributed by atoms with E-state index in [0.717, 1.165) is 44.8 Å². The molecule has 1 fully saturated rings. The van der Waals surface area contributed by atoms with Crippen LogP contribution in [0.1, 0.15) is 31.7 Å². The predicted molar refractivity (Wildman–Crippen MR) is 112 cm³/mol. The van der Waals surface area contributed by atoms with Crippen molar-refractivity contribution in [2.24, 2.45) is 10.7 Å². The molecule has 24 heavy (non-hydrogen) atoms. The molecular weight excluding hydrogens is 415 g/mol. The molecule has 0 aromatic heterocycles. The number of nitrogens with one attached hydrogen (secondary N) is 1. The van der Waals surface area contributed by atoms with Crippen molar-refractivity contribution in [1.82, 2.24) is 10.2 Å². The maximum atomic E-state index is 5.81. The van der Waals surface area contributed by atoms with Gasteiger partial charge in [-0.15, -0.1) is 24.0 Å². The van der Waals surface area contributed by atoms with Crippen molar-refractivity contribution in [3.8, 4) is 5.75 Å². The molecule has 0 radical (unpaired) electrons. The van der Waals surface area contributed by atoms with Gasteiger partial charge in [-0.3, -0.25) is 9.89 Å². The lowest BCUT2D eigenvalue weighted by molar-refractivity contribution is 0.238. The number of nitrogens with zero attached hydrogens (tertiary/aromatic N) is 2. The quantitative estimate of drug-likeness (QED) is 0.348. The molecule has 0 atom stereocenters. The van der Waals surface area contributed by atoms with Crippen molar-refractivity contribution >= 4 is 29.9 Å². The van der Waals surface area contributed by atoms with Gasteiger partial charge in [0.1, 0.15) is 12.4 Å². The third-order valence-electron chi connectivity index (χ3n) is 4.02. The molecule has 5 nitrogen and oxygen atoms in total. The molecule has 0 saturated carbocycles. The number of guanidine groups is 1. The van der Waals surface area contributed by atoms with Crippen LogP contribution in [0, 0.1) is 0 Å². The van der Waals surface area contributed by atoms with Gasteiger partial charge in [-0.1, -0.05) is 19.1 Å². The van der Waals surface area contributed by atoms with E-state index in [1.54, 1.807) is 0 Å². The van der Waals surface area contributed by atoms with Crippen LogP contribution in [-0.2, 0) is 6.42 Å². The Kier molecular flexibility index (Phi) is 10.8. The summed E-state index contributed by atoms with van der Waals surface area (Å²) in [5, 5.41) is 3.14. The molecule has 3 N–H and O–H groups in total. The fourth-order valence-corrected chi connectivity index (χ4v) is 2.67. The number of rotatable bonds is 9. The molecule has 1 saturated heterocycles. The lowest BCUT2D eigenvalue weighted by atomic mass is 10.1. The fourth-order valence-electron chi connectivity index (χ4n) is 2.67. The highest BCUT2D eigenvalue weighted by molar-refractivity contribution is 14.0. The smallest absolute Gasteiger partial charge is 0.188 e. The van der Waals surface area contributed by atoms with Gasteiger partial charge in [0.25, 0.3) is 0 Å². The first-order valence-corrected chi connectivity index (χ1v) is 8.76. The zero-order chi connectivity index (χ0) is 16.3. The van der Waals surface area contributed by atoms with E-state index in [-0.39, 0.29) is 24.0 Å². The number of ether oxygens (including phenoxy) is 1. The van der Waals surface area contributed by atoms with Crippen LogP contribution in [0.15, 0.2) is 29.3 Å². The molecule has 1 aliphatic rings. The summed E-state index contributed by atoms with van der Waals surface area (Å²) in [5.74, 6) is 1.48. The zero-order valence-corrected chi connectivity index (χ0v) is 17.0. The van der Waals surface area contributed by atoms with Gasteiger partial charge in [-0.05, 0) is 56.5 Å². The maximum Gasteiger partial charge on any atom is 0.188 e. The van der Waals surface area contributed by atoms with Gasteiger partial charge in [0.2, 0.25) is 0 Å². The first-order valence-electron chi connectivity index (χ1n) is 8.76. The summed E-state index contributed by atoms with van der Waals surface area (Å²) in [4.78, 5) is 6.68. The summed E-state index contributed by atoms with van der Waals surface area (Å²) in [6.45, 7) is 7.91. The molecule has 6 heteroatoms. The SMILES string of the molecule is CCCN=C(N)NCCc1ccc(OCCN2CCCC2)cc1.I. The van der Waals surface area contributed by atoms with E-state index in [2.05, 4.69) is 34.3 Å². The Morgan fingerprint density at radius 3 is 2.62 bits per heavy atom. The lowest BCUT2D eigenvalue weighted by Gasteiger charge is -2.15. The number of nitrogens with two attached hydrogens (primary N) is 1. The summed E-state index contributed by atoms with van der Waals surface area (Å²) in [6.07, 6.45) is 4.60. The van der Waals surface area contributed by atoms with E-state index < -0.39 is 0 Å². The predicted octanol–water partition coefficient (Wildman–Crippen LogP) is 2.64. The van der Waals surface area contributed by atoms with E-state index in [0.29, 0.717) is 5.96 Å². The number of likely N-dealkylation sites (tertiary alicyclic amines) is 1. The summed E-state index contributed by atoms with van der Waals surface area (Å²) in [7, 11) is 0. The first kappa shape index (κ1) is 21.0. The van der Waals surface area contributed by atoms with Crippen molar-refractivity contribution < 1.29 is 4.74 Å². The Hall–Kier alpha value is -1.02. The molecule has 1 aliphatic heterocycles. The molecule has 0 amide bonds. The van der Waals surface area contributed by atoms with E-state index in [4.69, 9.17) is 10.5 Å². The summed E-state index contributed by atoms with van der Waals surface area (Å²) in [6, 6.07) is 8.33. The van der Waals surface area contributed by atoms with Crippen LogP contribution in [0.3, 0.4) is 0 Å². The van der Waals surface area contributed by atoms with Crippen molar-refractivity contribution in [3.63, 3.8) is 0 Å². The summed E-state index contributed by atoms with van der Waals surface area (Å²) >= 11 is 0. The average molecular weight is 446 g/mol. The van der Waals surface area contributed by atoms with Crippen LogP contribution in [0.5, 0.6) is 5.75 Å². The number of hydrogen-bond acceptors (Lipinski definition) is 3. The van der Waals surface area contributed by atoms with Crippen LogP contribution in [0.25, 0.3) is 0 Å². The van der Waals surface area contributed by atoms with Crippen LogP contribution in [-0.4, -0.2) is 50.2 Å². The van der Waals surface area contributed by atoms with Gasteiger partial charge < -0.3 is 15.8 Å². The van der Waals surface area contributed by atoms with E-state index in [9.17, 15) is 0 Å². The Balaban J connectivity index is 0.00000288. The minimum absolute atomic E-state index is 0. The minimum atomic E-state index is 0. The highest BCUT2D eigenvalue weighted by Gasteiger charge is 2.10. The van der Waals surface area contributed by atoms with Crippen LogP contribution in [0.2, 0.25) is 0 Å². The standard InChI is InChI=1S/C18H30N4O.HI/c1-2-10-20-18(19)21-11-9-16-5-7-17(8-6-16)23-15-14-22-12-3-4-13-22;/h5-8H,2-4,9-15H2,1H3,(H3,19,20,21);1H. The number of hydrogen-bond donors (Lipinski definition) is 2. The molecule has 0 bridgehead atoms. The third kappa shape index (κ3) is 8.19. The Morgan fingerprint density at radius 2 is 1.96 bits per heavy atom. The largest absolute Gasteiger partial charge is 0.492 e. The van der Waals surface area contributed by atoms with Gasteiger partial charge in [0.05, 0.1) is 0 Å². The molecule has 0 unspecified atom stereocenters. The molecular formula is C18H31IN4O. The zero-order valence-electron chi connectivity index (χ0n) is 14.7. The monoisotopic (exact) mass is 446 g/mol. The van der Waals surface area contributed by atoms with E-state index in [1.165, 1.54) is 31.5 Å². The molecule has 1 aromatic carbocycles. The number of halogens is 1. The number of benzene rings is 1. The maximum absolute atomic E-state index is 5.81. The number of aliphatic imine (C=N–C) groups is 1. The Morgan fingerprint density at radius 1 is 1.25 bits per heavy atom. The van der Waals surface area contributed by atoms with Crippen molar-refractivity contribution in [2.45, 2.75) is 32.6 Å². The van der Waals surface area contributed by atoms with Crippen molar-refractivity contribution in [3.05, 3.63) is 29.8 Å². The Labute approximate surface area is 163 Å². The molecule has 1 aromatic rings. The lowest BCUT2D eigenvalue weighted by Crippen LogP contribution is -2.33. The normalized spacial score (nSPS) is 15.1. The highest BCUT2D eigenvalue weighted by Crippen LogP contribution is 2.13. The second-order valence-electron chi connectivity index (χ2n) is 5.98. The van der Waals surface area contributed by atoms with E-state index >= 15 is 0 Å².